The zero-order valence-corrected chi connectivity index (χ0v) is 9.43. The van der Waals surface area contributed by atoms with Crippen LogP contribution in [0.5, 0.6) is 0 Å². The first kappa shape index (κ1) is 11.2. The molecule has 2 rings (SSSR count). The molecule has 2 aromatic rings. The number of carbonyl (C=O) groups is 1. The normalized spacial score (nSPS) is 9.94. The van der Waals surface area contributed by atoms with Gasteiger partial charge >= 0.3 is 6.03 Å². The molecule has 0 unspecified atom stereocenters. The Morgan fingerprint density at radius 1 is 1.35 bits per heavy atom. The van der Waals surface area contributed by atoms with E-state index in [1.54, 1.807) is 6.07 Å². The molecule has 0 spiro atoms. The highest BCUT2D eigenvalue weighted by atomic mass is 16.5. The van der Waals surface area contributed by atoms with Gasteiger partial charge in [0.05, 0.1) is 0 Å². The maximum atomic E-state index is 11.5. The molecule has 0 bridgehead atoms. The first-order valence-electron chi connectivity index (χ1n) is 5.25. The van der Waals surface area contributed by atoms with Crippen molar-refractivity contribution in [1.82, 2.24) is 10.5 Å². The van der Waals surface area contributed by atoms with Crippen LogP contribution in [0.25, 0.3) is 0 Å². The van der Waals surface area contributed by atoms with Gasteiger partial charge in [0.2, 0.25) is 0 Å². The maximum Gasteiger partial charge on any atom is 0.320 e. The van der Waals surface area contributed by atoms with Gasteiger partial charge in [0.1, 0.15) is 6.26 Å². The largest absolute Gasteiger partial charge is 0.363 e. The van der Waals surface area contributed by atoms with Gasteiger partial charge in [-0.1, -0.05) is 29.4 Å². The smallest absolute Gasteiger partial charge is 0.320 e. The minimum Gasteiger partial charge on any atom is -0.363 e. The van der Waals surface area contributed by atoms with Gasteiger partial charge in [0, 0.05) is 12.6 Å². The average Bonchev–Trinajstić information content (AvgIpc) is 2.81. The van der Waals surface area contributed by atoms with Gasteiger partial charge in [0.15, 0.2) is 5.82 Å². The van der Waals surface area contributed by atoms with Crippen molar-refractivity contribution in [1.29, 1.82) is 0 Å². The lowest BCUT2D eigenvalue weighted by atomic mass is 10.1. The summed E-state index contributed by atoms with van der Waals surface area (Å²) in [5, 5.41) is 8.88. The number of rotatable bonds is 3. The van der Waals surface area contributed by atoms with Crippen LogP contribution < -0.4 is 10.6 Å². The summed E-state index contributed by atoms with van der Waals surface area (Å²) in [6.45, 7) is 2.49. The van der Waals surface area contributed by atoms with E-state index >= 15 is 0 Å². The molecule has 0 saturated heterocycles. The molecule has 1 aromatic carbocycles. The molecule has 0 radical (unpaired) electrons. The maximum absolute atomic E-state index is 11.5. The number of benzene rings is 1. The lowest BCUT2D eigenvalue weighted by molar-refractivity contribution is 0.251. The minimum absolute atomic E-state index is 0.304. The number of hydrogen-bond donors (Lipinski definition) is 2. The second-order valence-electron chi connectivity index (χ2n) is 3.62. The van der Waals surface area contributed by atoms with Gasteiger partial charge < -0.3 is 9.84 Å². The molecule has 88 valence electrons. The number of aromatic nitrogens is 1. The van der Waals surface area contributed by atoms with Crippen molar-refractivity contribution >= 4 is 11.8 Å². The molecule has 1 heterocycles. The Morgan fingerprint density at radius 3 is 2.88 bits per heavy atom. The van der Waals surface area contributed by atoms with E-state index < -0.39 is 0 Å². The molecule has 5 heteroatoms. The van der Waals surface area contributed by atoms with Crippen LogP contribution in [-0.2, 0) is 6.54 Å². The van der Waals surface area contributed by atoms with E-state index in [0.29, 0.717) is 12.4 Å². The third-order valence-electron chi connectivity index (χ3n) is 2.38. The fourth-order valence-electron chi connectivity index (χ4n) is 1.42. The number of nitrogens with one attached hydrogen (secondary N) is 2. The van der Waals surface area contributed by atoms with Crippen LogP contribution in [0, 0.1) is 6.92 Å². The summed E-state index contributed by atoms with van der Waals surface area (Å²) in [7, 11) is 0. The molecule has 2 N–H and O–H groups in total. The molecule has 0 aliphatic carbocycles. The van der Waals surface area contributed by atoms with Gasteiger partial charge in [-0.25, -0.2) is 4.79 Å². The Balaban J connectivity index is 1.86. The van der Waals surface area contributed by atoms with E-state index in [9.17, 15) is 4.79 Å². The molecule has 0 aliphatic heterocycles. The summed E-state index contributed by atoms with van der Waals surface area (Å²) in [6.07, 6.45) is 1.40. The van der Waals surface area contributed by atoms with Crippen LogP contribution >= 0.6 is 0 Å². The van der Waals surface area contributed by atoms with Crippen molar-refractivity contribution in [2.75, 3.05) is 5.32 Å². The van der Waals surface area contributed by atoms with Crippen LogP contribution in [-0.4, -0.2) is 11.2 Å². The Labute approximate surface area is 98.8 Å². The molecule has 2 amide bonds. The first-order chi connectivity index (χ1) is 8.25. The summed E-state index contributed by atoms with van der Waals surface area (Å²) >= 11 is 0. The van der Waals surface area contributed by atoms with Crippen molar-refractivity contribution in [2.45, 2.75) is 13.5 Å². The van der Waals surface area contributed by atoms with E-state index in [-0.39, 0.29) is 6.03 Å². The molecule has 0 fully saturated rings. The Hall–Kier alpha value is -2.30. The SMILES string of the molecule is Cc1ccccc1CNC(=O)Nc1ccon1. The quantitative estimate of drug-likeness (QED) is 0.851. The van der Waals surface area contributed by atoms with Crippen LogP contribution in [0.15, 0.2) is 41.1 Å². The van der Waals surface area contributed by atoms with Crippen molar-refractivity contribution in [2.24, 2.45) is 0 Å². The Kier molecular flexibility index (Phi) is 3.40. The van der Waals surface area contributed by atoms with Crippen molar-refractivity contribution in [3.63, 3.8) is 0 Å². The lowest BCUT2D eigenvalue weighted by Crippen LogP contribution is -2.28. The number of carbonyl (C=O) groups excluding carboxylic acids is 1. The molecule has 1 aromatic heterocycles. The van der Waals surface area contributed by atoms with E-state index in [1.165, 1.54) is 6.26 Å². The highest BCUT2D eigenvalue weighted by Gasteiger charge is 2.04. The zero-order chi connectivity index (χ0) is 12.1. The third-order valence-corrected chi connectivity index (χ3v) is 2.38. The summed E-state index contributed by atoms with van der Waals surface area (Å²) in [5.41, 5.74) is 2.23. The van der Waals surface area contributed by atoms with Crippen molar-refractivity contribution < 1.29 is 9.32 Å². The third kappa shape index (κ3) is 3.07. The van der Waals surface area contributed by atoms with E-state index in [0.717, 1.165) is 11.1 Å². The first-order valence-corrected chi connectivity index (χ1v) is 5.25. The average molecular weight is 231 g/mol. The van der Waals surface area contributed by atoms with Gasteiger partial charge in [0.25, 0.3) is 0 Å². The van der Waals surface area contributed by atoms with Crippen LogP contribution in [0.3, 0.4) is 0 Å². The van der Waals surface area contributed by atoms with E-state index in [2.05, 4.69) is 20.3 Å². The highest BCUT2D eigenvalue weighted by molar-refractivity contribution is 5.87. The summed E-state index contributed by atoms with van der Waals surface area (Å²) in [6, 6.07) is 9.17. The fraction of sp³-hybridized carbons (Fsp3) is 0.167. The van der Waals surface area contributed by atoms with Crippen LogP contribution in [0.2, 0.25) is 0 Å². The highest BCUT2D eigenvalue weighted by Crippen LogP contribution is 2.06. The molecular formula is C12H13N3O2. The van der Waals surface area contributed by atoms with Gasteiger partial charge in [-0.2, -0.15) is 0 Å². The topological polar surface area (TPSA) is 67.2 Å². The second kappa shape index (κ2) is 5.16. The molecular weight excluding hydrogens is 218 g/mol. The number of amides is 2. The molecule has 17 heavy (non-hydrogen) atoms. The number of aryl methyl sites for hydroxylation is 1. The Morgan fingerprint density at radius 2 is 2.18 bits per heavy atom. The summed E-state index contributed by atoms with van der Waals surface area (Å²) in [5.74, 6) is 0.396. The molecule has 0 saturated carbocycles. The lowest BCUT2D eigenvalue weighted by Gasteiger charge is -2.07. The number of urea groups is 1. The van der Waals surface area contributed by atoms with Gasteiger partial charge in [-0.15, -0.1) is 0 Å². The number of nitrogens with zero attached hydrogens (tertiary/aromatic N) is 1. The predicted molar refractivity (Wildman–Crippen MR) is 63.5 cm³/mol. The molecule has 5 nitrogen and oxygen atoms in total. The predicted octanol–water partition coefficient (Wildman–Crippen LogP) is 2.30. The monoisotopic (exact) mass is 231 g/mol. The summed E-state index contributed by atoms with van der Waals surface area (Å²) in [4.78, 5) is 11.5. The molecule has 0 aliphatic rings. The summed E-state index contributed by atoms with van der Waals surface area (Å²) < 4.78 is 4.60. The van der Waals surface area contributed by atoms with Crippen LogP contribution in [0.1, 0.15) is 11.1 Å². The Bertz CT molecular complexity index is 494. The fourth-order valence-corrected chi connectivity index (χ4v) is 1.42. The van der Waals surface area contributed by atoms with Crippen molar-refractivity contribution in [3.8, 4) is 0 Å². The van der Waals surface area contributed by atoms with Crippen molar-refractivity contribution in [3.05, 3.63) is 47.7 Å². The van der Waals surface area contributed by atoms with E-state index in [1.807, 2.05) is 31.2 Å². The van der Waals surface area contributed by atoms with Crippen LogP contribution in [0.4, 0.5) is 10.6 Å². The number of hydrogen-bond acceptors (Lipinski definition) is 3. The standard InChI is InChI=1S/C12H13N3O2/c1-9-4-2-3-5-10(9)8-13-12(16)14-11-6-7-17-15-11/h2-7H,8H2,1H3,(H2,13,14,15,16). The molecule has 0 atom stereocenters. The van der Waals surface area contributed by atoms with Gasteiger partial charge in [-0.3, -0.25) is 5.32 Å². The number of anilines is 1. The zero-order valence-electron chi connectivity index (χ0n) is 9.43. The van der Waals surface area contributed by atoms with Gasteiger partial charge in [-0.05, 0) is 18.1 Å². The minimum atomic E-state index is -0.304. The van der Waals surface area contributed by atoms with E-state index in [4.69, 9.17) is 0 Å². The second-order valence-corrected chi connectivity index (χ2v) is 3.62.